The summed E-state index contributed by atoms with van der Waals surface area (Å²) >= 11 is 1.51. The lowest BCUT2D eigenvalue weighted by Gasteiger charge is -2.14. The van der Waals surface area contributed by atoms with Crippen LogP contribution in [0.3, 0.4) is 0 Å². The van der Waals surface area contributed by atoms with Crippen LogP contribution in [0.4, 0.5) is 5.69 Å². The van der Waals surface area contributed by atoms with Crippen molar-refractivity contribution in [3.8, 4) is 0 Å². The van der Waals surface area contributed by atoms with E-state index >= 15 is 0 Å². The normalized spacial score (nSPS) is 11.1. The summed E-state index contributed by atoms with van der Waals surface area (Å²) in [5.74, 6) is 1.03. The van der Waals surface area contributed by atoms with Gasteiger partial charge in [0.05, 0.1) is 17.2 Å². The van der Waals surface area contributed by atoms with Gasteiger partial charge in [-0.2, -0.15) is 0 Å². The third kappa shape index (κ3) is 5.92. The lowest BCUT2D eigenvalue weighted by molar-refractivity contribution is -0.385. The molecule has 6 nitrogen and oxygen atoms in total. The molecule has 0 atom stereocenters. The first kappa shape index (κ1) is 23.7. The maximum absolute atomic E-state index is 11.3. The van der Waals surface area contributed by atoms with Crippen LogP contribution in [0.1, 0.15) is 42.4 Å². The number of benzene rings is 3. The first-order valence-corrected chi connectivity index (χ1v) is 12.0. The Morgan fingerprint density at radius 1 is 0.941 bits per heavy atom. The SMILES string of the molecule is CC(C)c1nc(COCc2ccccc2)n(Cc2ccccc2)c1Sc1cccc([N+](=O)[O-])c1. The minimum atomic E-state index is -0.364. The molecular weight excluding hydrogens is 446 g/mol. The van der Waals surface area contributed by atoms with Crippen LogP contribution in [0.5, 0.6) is 0 Å². The van der Waals surface area contributed by atoms with E-state index in [9.17, 15) is 10.1 Å². The van der Waals surface area contributed by atoms with Gasteiger partial charge in [0.15, 0.2) is 0 Å². The van der Waals surface area contributed by atoms with Crippen LogP contribution in [0.25, 0.3) is 0 Å². The van der Waals surface area contributed by atoms with Gasteiger partial charge in [-0.3, -0.25) is 10.1 Å². The molecule has 0 N–H and O–H groups in total. The summed E-state index contributed by atoms with van der Waals surface area (Å²) < 4.78 is 8.23. The van der Waals surface area contributed by atoms with Crippen LogP contribution in [-0.2, 0) is 24.5 Å². The highest BCUT2D eigenvalue weighted by molar-refractivity contribution is 7.99. The standard InChI is InChI=1S/C27H27N3O3S/c1-20(2)26-27(34-24-15-9-14-23(16-24)30(31)32)29(17-21-10-5-3-6-11-21)25(28-26)19-33-18-22-12-7-4-8-13-22/h3-16,20H,17-19H2,1-2H3. The molecule has 34 heavy (non-hydrogen) atoms. The smallest absolute Gasteiger partial charge is 0.270 e. The quantitative estimate of drug-likeness (QED) is 0.186. The predicted octanol–water partition coefficient (Wildman–Crippen LogP) is 6.83. The van der Waals surface area contributed by atoms with Crippen molar-refractivity contribution in [1.29, 1.82) is 0 Å². The lowest BCUT2D eigenvalue weighted by atomic mass is 10.1. The lowest BCUT2D eigenvalue weighted by Crippen LogP contribution is -2.08. The number of nitro groups is 1. The van der Waals surface area contributed by atoms with E-state index in [0.717, 1.165) is 32.6 Å². The Bertz CT molecular complexity index is 1240. The number of rotatable bonds is 10. The molecule has 0 radical (unpaired) electrons. The van der Waals surface area contributed by atoms with E-state index in [1.54, 1.807) is 12.1 Å². The Hall–Kier alpha value is -3.42. The topological polar surface area (TPSA) is 70.2 Å². The molecule has 0 bridgehead atoms. The third-order valence-corrected chi connectivity index (χ3v) is 6.45. The number of nitro benzene ring substituents is 1. The van der Waals surface area contributed by atoms with E-state index in [0.29, 0.717) is 19.8 Å². The van der Waals surface area contributed by atoms with Gasteiger partial charge in [0, 0.05) is 23.6 Å². The zero-order valence-electron chi connectivity index (χ0n) is 19.3. The molecule has 0 aliphatic rings. The van der Waals surface area contributed by atoms with Gasteiger partial charge >= 0.3 is 0 Å². The number of imidazole rings is 1. The molecule has 0 aliphatic heterocycles. The van der Waals surface area contributed by atoms with Gasteiger partial charge in [-0.25, -0.2) is 4.98 Å². The van der Waals surface area contributed by atoms with Crippen molar-refractivity contribution in [2.45, 2.75) is 49.4 Å². The summed E-state index contributed by atoms with van der Waals surface area (Å²) in [5, 5.41) is 12.3. The molecule has 4 aromatic rings. The zero-order chi connectivity index (χ0) is 23.9. The second-order valence-electron chi connectivity index (χ2n) is 8.28. The number of aromatic nitrogens is 2. The number of hydrogen-bond acceptors (Lipinski definition) is 5. The molecule has 4 rings (SSSR count). The van der Waals surface area contributed by atoms with Crippen LogP contribution in [0, 0.1) is 10.1 Å². The van der Waals surface area contributed by atoms with Crippen molar-refractivity contribution in [1.82, 2.24) is 9.55 Å². The minimum absolute atomic E-state index is 0.0802. The van der Waals surface area contributed by atoms with Gasteiger partial charge in [0.1, 0.15) is 17.5 Å². The van der Waals surface area contributed by atoms with Crippen LogP contribution >= 0.6 is 11.8 Å². The molecule has 1 heterocycles. The van der Waals surface area contributed by atoms with E-state index in [2.05, 4.69) is 30.5 Å². The Balaban J connectivity index is 1.68. The fourth-order valence-corrected chi connectivity index (χ4v) is 4.85. The van der Waals surface area contributed by atoms with Gasteiger partial charge in [-0.15, -0.1) is 0 Å². The maximum Gasteiger partial charge on any atom is 0.270 e. The van der Waals surface area contributed by atoms with Crippen LogP contribution in [-0.4, -0.2) is 14.5 Å². The summed E-state index contributed by atoms with van der Waals surface area (Å²) in [6.45, 7) is 5.74. The van der Waals surface area contributed by atoms with Crippen molar-refractivity contribution >= 4 is 17.4 Å². The molecule has 0 saturated heterocycles. The number of nitrogens with zero attached hydrogens (tertiary/aromatic N) is 3. The van der Waals surface area contributed by atoms with E-state index in [1.807, 2.05) is 54.6 Å². The molecule has 0 spiro atoms. The summed E-state index contributed by atoms with van der Waals surface area (Å²) in [5.41, 5.74) is 3.31. The second-order valence-corrected chi connectivity index (χ2v) is 9.34. The summed E-state index contributed by atoms with van der Waals surface area (Å²) in [4.78, 5) is 16.7. The number of ether oxygens (including phenoxy) is 1. The fourth-order valence-electron chi connectivity index (χ4n) is 3.63. The fraction of sp³-hybridized carbons (Fsp3) is 0.222. The van der Waals surface area contributed by atoms with Crippen LogP contribution in [0.15, 0.2) is 94.9 Å². The summed E-state index contributed by atoms with van der Waals surface area (Å²) in [7, 11) is 0. The van der Waals surface area contributed by atoms with E-state index < -0.39 is 0 Å². The van der Waals surface area contributed by atoms with Crippen molar-refractivity contribution in [2.75, 3.05) is 0 Å². The Kier molecular flexibility index (Phi) is 7.77. The molecule has 174 valence electrons. The van der Waals surface area contributed by atoms with Crippen molar-refractivity contribution in [3.63, 3.8) is 0 Å². The van der Waals surface area contributed by atoms with Crippen molar-refractivity contribution in [3.05, 3.63) is 118 Å². The van der Waals surface area contributed by atoms with Crippen molar-refractivity contribution < 1.29 is 9.66 Å². The predicted molar refractivity (Wildman–Crippen MR) is 134 cm³/mol. The second kappa shape index (κ2) is 11.1. The highest BCUT2D eigenvalue weighted by Crippen LogP contribution is 2.36. The van der Waals surface area contributed by atoms with Crippen LogP contribution < -0.4 is 0 Å². The molecule has 1 aromatic heterocycles. The van der Waals surface area contributed by atoms with E-state index in [1.165, 1.54) is 17.8 Å². The largest absolute Gasteiger partial charge is 0.369 e. The Morgan fingerprint density at radius 3 is 2.26 bits per heavy atom. The molecular formula is C27H27N3O3S. The van der Waals surface area contributed by atoms with Gasteiger partial charge in [-0.05, 0) is 23.1 Å². The maximum atomic E-state index is 11.3. The first-order chi connectivity index (χ1) is 16.5. The highest BCUT2D eigenvalue weighted by Gasteiger charge is 2.21. The highest BCUT2D eigenvalue weighted by atomic mass is 32.2. The van der Waals surface area contributed by atoms with Gasteiger partial charge < -0.3 is 9.30 Å². The Morgan fingerprint density at radius 2 is 1.62 bits per heavy atom. The molecule has 0 amide bonds. The summed E-state index contributed by atoms with van der Waals surface area (Å²) in [6.07, 6.45) is 0. The average Bonchev–Trinajstić information content (AvgIpc) is 3.17. The summed E-state index contributed by atoms with van der Waals surface area (Å²) in [6, 6.07) is 27.0. The molecule has 3 aromatic carbocycles. The van der Waals surface area contributed by atoms with Gasteiger partial charge in [-0.1, -0.05) is 92.3 Å². The number of non-ortho nitro benzene ring substituents is 1. The molecule has 0 aliphatic carbocycles. The minimum Gasteiger partial charge on any atom is -0.369 e. The average molecular weight is 474 g/mol. The van der Waals surface area contributed by atoms with E-state index in [4.69, 9.17) is 9.72 Å². The van der Waals surface area contributed by atoms with Crippen LogP contribution in [0.2, 0.25) is 0 Å². The Labute approximate surface area is 203 Å². The first-order valence-electron chi connectivity index (χ1n) is 11.2. The van der Waals surface area contributed by atoms with Crippen molar-refractivity contribution in [2.24, 2.45) is 0 Å². The molecule has 0 fully saturated rings. The number of hydrogen-bond donors (Lipinski definition) is 0. The molecule has 0 saturated carbocycles. The van der Waals surface area contributed by atoms with Gasteiger partial charge in [0.2, 0.25) is 0 Å². The molecule has 0 unspecified atom stereocenters. The third-order valence-electron chi connectivity index (χ3n) is 5.34. The monoisotopic (exact) mass is 473 g/mol. The zero-order valence-corrected chi connectivity index (χ0v) is 20.1. The van der Waals surface area contributed by atoms with Gasteiger partial charge in [0.25, 0.3) is 5.69 Å². The molecule has 7 heteroatoms. The van der Waals surface area contributed by atoms with E-state index in [-0.39, 0.29) is 16.5 Å².